The highest BCUT2D eigenvalue weighted by molar-refractivity contribution is 7.10. The van der Waals surface area contributed by atoms with Gasteiger partial charge in [-0.05, 0) is 48.5 Å². The Balaban J connectivity index is 1.24. The summed E-state index contributed by atoms with van der Waals surface area (Å²) < 4.78 is 16.4. The maximum Gasteiger partial charge on any atom is 0.231 e. The van der Waals surface area contributed by atoms with E-state index in [0.717, 1.165) is 23.6 Å². The third-order valence-electron chi connectivity index (χ3n) is 4.70. The van der Waals surface area contributed by atoms with Crippen LogP contribution in [0.2, 0.25) is 0 Å². The number of fused-ring (bicyclic) bond motifs is 1. The van der Waals surface area contributed by atoms with Crippen molar-refractivity contribution in [1.82, 2.24) is 4.90 Å². The molecule has 1 fully saturated rings. The van der Waals surface area contributed by atoms with Crippen LogP contribution in [0.3, 0.4) is 0 Å². The lowest BCUT2D eigenvalue weighted by atomic mass is 10.2. The van der Waals surface area contributed by atoms with Gasteiger partial charge in [0, 0.05) is 17.5 Å². The first-order valence-electron chi connectivity index (χ1n) is 8.71. The van der Waals surface area contributed by atoms with E-state index in [0.29, 0.717) is 25.8 Å². The quantitative estimate of drug-likeness (QED) is 0.821. The fourth-order valence-corrected chi connectivity index (χ4v) is 4.41. The Bertz CT molecular complexity index is 691. The predicted octanol–water partition coefficient (Wildman–Crippen LogP) is 3.19. The van der Waals surface area contributed by atoms with Crippen molar-refractivity contribution in [2.24, 2.45) is 0 Å². The van der Waals surface area contributed by atoms with Gasteiger partial charge in [0.2, 0.25) is 6.79 Å². The largest absolute Gasteiger partial charge is 0.454 e. The molecule has 5 nitrogen and oxygen atoms in total. The molecule has 1 N–H and O–H groups in total. The van der Waals surface area contributed by atoms with Crippen molar-refractivity contribution in [3.63, 3.8) is 0 Å². The van der Waals surface area contributed by atoms with E-state index in [1.54, 1.807) is 11.3 Å². The molecule has 3 heterocycles. The molecule has 0 amide bonds. The molecule has 4 rings (SSSR count). The van der Waals surface area contributed by atoms with E-state index in [-0.39, 0.29) is 6.79 Å². The lowest BCUT2D eigenvalue weighted by Gasteiger charge is -2.26. The Morgan fingerprint density at radius 2 is 2.20 bits per heavy atom. The van der Waals surface area contributed by atoms with Gasteiger partial charge < -0.3 is 19.3 Å². The number of thiophene rings is 1. The average Bonchev–Trinajstić information content (AvgIpc) is 3.35. The van der Waals surface area contributed by atoms with Crippen molar-refractivity contribution >= 4 is 11.3 Å². The van der Waals surface area contributed by atoms with E-state index in [2.05, 4.69) is 22.4 Å². The first-order valence-corrected chi connectivity index (χ1v) is 9.59. The zero-order valence-electron chi connectivity index (χ0n) is 14.1. The third-order valence-corrected chi connectivity index (χ3v) is 5.67. The molecule has 1 aromatic heterocycles. The van der Waals surface area contributed by atoms with Gasteiger partial charge in [-0.3, -0.25) is 4.90 Å². The Morgan fingerprint density at radius 1 is 1.28 bits per heavy atom. The number of rotatable bonds is 7. The summed E-state index contributed by atoms with van der Waals surface area (Å²) in [5.41, 5.74) is 1.02. The van der Waals surface area contributed by atoms with Crippen molar-refractivity contribution in [1.29, 1.82) is 0 Å². The molecule has 0 spiro atoms. The lowest BCUT2D eigenvalue weighted by molar-refractivity contribution is 0.00789. The topological polar surface area (TPSA) is 51.2 Å². The van der Waals surface area contributed by atoms with Crippen LogP contribution in [0.1, 0.15) is 29.3 Å². The number of aliphatic hydroxyl groups excluding tert-OH is 1. The van der Waals surface area contributed by atoms with Gasteiger partial charge in [0.1, 0.15) is 0 Å². The van der Waals surface area contributed by atoms with Crippen LogP contribution in [0.5, 0.6) is 11.5 Å². The number of benzene rings is 1. The van der Waals surface area contributed by atoms with Crippen molar-refractivity contribution in [2.75, 3.05) is 26.5 Å². The van der Waals surface area contributed by atoms with Gasteiger partial charge in [0.25, 0.3) is 0 Å². The highest BCUT2D eigenvalue weighted by Gasteiger charge is 2.28. The average molecular weight is 361 g/mol. The van der Waals surface area contributed by atoms with Crippen LogP contribution in [-0.2, 0) is 11.3 Å². The van der Waals surface area contributed by atoms with Gasteiger partial charge in [-0.2, -0.15) is 0 Å². The normalized spacial score (nSPS) is 20.9. The molecule has 6 heteroatoms. The van der Waals surface area contributed by atoms with Gasteiger partial charge in [0.15, 0.2) is 11.5 Å². The first kappa shape index (κ1) is 16.8. The number of aliphatic hydroxyl groups is 1. The summed E-state index contributed by atoms with van der Waals surface area (Å²) in [6.45, 7) is 2.77. The SMILES string of the molecule is OC(COCc1ccc2c(c1)OCO2)CN1CCCC1c1cccs1. The summed E-state index contributed by atoms with van der Waals surface area (Å²) in [5, 5.41) is 12.5. The molecule has 2 atom stereocenters. The van der Waals surface area contributed by atoms with Gasteiger partial charge >= 0.3 is 0 Å². The predicted molar refractivity (Wildman–Crippen MR) is 96.1 cm³/mol. The highest BCUT2D eigenvalue weighted by Crippen LogP contribution is 2.34. The zero-order valence-corrected chi connectivity index (χ0v) is 14.9. The minimum absolute atomic E-state index is 0.277. The highest BCUT2D eigenvalue weighted by atomic mass is 32.1. The van der Waals surface area contributed by atoms with Gasteiger partial charge in [-0.25, -0.2) is 0 Å². The first-order chi connectivity index (χ1) is 12.3. The summed E-state index contributed by atoms with van der Waals surface area (Å²) in [5.74, 6) is 1.54. The van der Waals surface area contributed by atoms with Crippen LogP contribution < -0.4 is 9.47 Å². The smallest absolute Gasteiger partial charge is 0.231 e. The summed E-state index contributed by atoms with van der Waals surface area (Å²) in [6, 6.07) is 10.5. The molecule has 2 unspecified atom stereocenters. The maximum absolute atomic E-state index is 10.3. The maximum atomic E-state index is 10.3. The van der Waals surface area contributed by atoms with Crippen molar-refractivity contribution in [2.45, 2.75) is 31.6 Å². The molecule has 0 aliphatic carbocycles. The minimum atomic E-state index is -0.477. The van der Waals surface area contributed by atoms with Crippen LogP contribution >= 0.6 is 11.3 Å². The number of nitrogens with zero attached hydrogens (tertiary/aromatic N) is 1. The molecule has 1 saturated heterocycles. The van der Waals surface area contributed by atoms with Gasteiger partial charge in [-0.1, -0.05) is 12.1 Å². The van der Waals surface area contributed by atoms with E-state index in [1.807, 2.05) is 18.2 Å². The monoisotopic (exact) mass is 361 g/mol. The third kappa shape index (κ3) is 3.98. The van der Waals surface area contributed by atoms with Crippen LogP contribution in [0, 0.1) is 0 Å². The van der Waals surface area contributed by atoms with Crippen LogP contribution in [0.15, 0.2) is 35.7 Å². The molecule has 2 aliphatic rings. The number of ether oxygens (including phenoxy) is 3. The molecule has 0 saturated carbocycles. The summed E-state index contributed by atoms with van der Waals surface area (Å²) in [6.07, 6.45) is 1.88. The molecular formula is C19H23NO4S. The Labute approximate surface area is 151 Å². The van der Waals surface area contributed by atoms with Crippen molar-refractivity contribution < 1.29 is 19.3 Å². The Morgan fingerprint density at radius 3 is 3.08 bits per heavy atom. The fourth-order valence-electron chi connectivity index (χ4n) is 3.51. The van der Waals surface area contributed by atoms with Gasteiger partial charge in [-0.15, -0.1) is 11.3 Å². The summed E-state index contributed by atoms with van der Waals surface area (Å²) in [7, 11) is 0. The molecule has 2 aromatic rings. The number of hydrogen-bond acceptors (Lipinski definition) is 6. The molecule has 25 heavy (non-hydrogen) atoms. The van der Waals surface area contributed by atoms with Gasteiger partial charge in [0.05, 0.1) is 19.3 Å². The lowest BCUT2D eigenvalue weighted by Crippen LogP contribution is -2.34. The number of hydrogen-bond donors (Lipinski definition) is 1. The van der Waals surface area contributed by atoms with E-state index < -0.39 is 6.10 Å². The zero-order chi connectivity index (χ0) is 17.1. The van der Waals surface area contributed by atoms with Crippen LogP contribution in [0.25, 0.3) is 0 Å². The summed E-state index contributed by atoms with van der Waals surface area (Å²) in [4.78, 5) is 3.77. The van der Waals surface area contributed by atoms with Crippen molar-refractivity contribution in [3.8, 4) is 11.5 Å². The van der Waals surface area contributed by atoms with E-state index in [1.165, 1.54) is 17.7 Å². The number of likely N-dealkylation sites (tertiary alicyclic amines) is 1. The second-order valence-corrected chi connectivity index (χ2v) is 7.50. The molecule has 134 valence electrons. The number of β-amino-alcohol motifs (C(OH)–C–C–N with tert-alkyl or cyclic N) is 1. The minimum Gasteiger partial charge on any atom is -0.454 e. The Kier molecular flexibility index (Phi) is 5.22. The van der Waals surface area contributed by atoms with E-state index in [9.17, 15) is 5.11 Å². The van der Waals surface area contributed by atoms with Crippen molar-refractivity contribution in [3.05, 3.63) is 46.2 Å². The molecule has 2 aliphatic heterocycles. The summed E-state index contributed by atoms with van der Waals surface area (Å²) >= 11 is 1.80. The molecule has 1 aromatic carbocycles. The second kappa shape index (κ2) is 7.74. The van der Waals surface area contributed by atoms with Crippen LogP contribution in [0.4, 0.5) is 0 Å². The molecule has 0 radical (unpaired) electrons. The van der Waals surface area contributed by atoms with E-state index >= 15 is 0 Å². The molecule has 0 bridgehead atoms. The standard InChI is InChI=1S/C19H23NO4S/c21-15(10-20-7-1-3-16(20)19-4-2-8-25-19)12-22-11-14-5-6-17-18(9-14)24-13-23-17/h2,4-6,8-9,15-16,21H,1,3,7,10-13H2. The molecular weight excluding hydrogens is 338 g/mol. The van der Waals surface area contributed by atoms with Crippen LogP contribution in [-0.4, -0.2) is 42.6 Å². The fraction of sp³-hybridized carbons (Fsp3) is 0.474. The Hall–Kier alpha value is -1.60. The van der Waals surface area contributed by atoms with E-state index in [4.69, 9.17) is 14.2 Å². The second-order valence-electron chi connectivity index (χ2n) is 6.52.